The Kier molecular flexibility index (Phi) is 4.92. The number of carbonyl (C=O) groups excluding carboxylic acids is 1. The Morgan fingerprint density at radius 1 is 1.17 bits per heavy atom. The van der Waals surface area contributed by atoms with Gasteiger partial charge in [-0.2, -0.15) is 4.98 Å². The number of amides is 1. The molecule has 1 amide bonds. The van der Waals surface area contributed by atoms with Crippen molar-refractivity contribution in [2.75, 3.05) is 25.7 Å². The van der Waals surface area contributed by atoms with Crippen LogP contribution in [-0.4, -0.2) is 36.8 Å². The quantitative estimate of drug-likeness (QED) is 0.653. The van der Waals surface area contributed by atoms with E-state index in [2.05, 4.69) is 10.1 Å². The van der Waals surface area contributed by atoms with Crippen LogP contribution >= 0.6 is 0 Å². The minimum atomic E-state index is -0.414. The predicted molar refractivity (Wildman–Crippen MR) is 104 cm³/mol. The normalized spacial score (nSPS) is 16.3. The van der Waals surface area contributed by atoms with E-state index in [0.29, 0.717) is 29.6 Å². The molecule has 0 N–H and O–H groups in total. The second kappa shape index (κ2) is 7.54. The minimum absolute atomic E-state index is 0.0946. The van der Waals surface area contributed by atoms with Gasteiger partial charge in [0.25, 0.3) is 0 Å². The summed E-state index contributed by atoms with van der Waals surface area (Å²) in [6.07, 6.45) is 0.207. The number of hydrogen-bond acceptors (Lipinski definition) is 6. The van der Waals surface area contributed by atoms with Gasteiger partial charge in [-0.05, 0) is 36.8 Å². The number of ether oxygens (including phenoxy) is 2. The van der Waals surface area contributed by atoms with Gasteiger partial charge in [-0.1, -0.05) is 11.2 Å². The van der Waals surface area contributed by atoms with Crippen molar-refractivity contribution in [3.05, 3.63) is 53.7 Å². The van der Waals surface area contributed by atoms with Gasteiger partial charge in [-0.3, -0.25) is 4.79 Å². The number of methoxy groups -OCH3 is 2. The largest absolute Gasteiger partial charge is 0.497 e. The number of benzene rings is 2. The van der Waals surface area contributed by atoms with E-state index >= 15 is 0 Å². The lowest BCUT2D eigenvalue weighted by atomic mass is 10.1. The molecule has 0 saturated carbocycles. The number of halogens is 1. The first-order valence-corrected chi connectivity index (χ1v) is 9.12. The first-order chi connectivity index (χ1) is 14.0. The highest BCUT2D eigenvalue weighted by atomic mass is 19.1. The Hall–Kier alpha value is -3.42. The molecule has 1 aliphatic rings. The highest BCUT2D eigenvalue weighted by molar-refractivity contribution is 5.98. The lowest BCUT2D eigenvalue weighted by Gasteiger charge is -2.20. The van der Waals surface area contributed by atoms with Crippen molar-refractivity contribution >= 4 is 11.6 Å². The third kappa shape index (κ3) is 3.53. The summed E-state index contributed by atoms with van der Waals surface area (Å²) in [5, 5.41) is 3.90. The molecule has 4 rings (SSSR count). The standard InChI is InChI=1S/C21H20FN3O4/c1-12-4-6-15(16(22)8-12)20-23-21(29-24-20)13-9-19(26)25(11-13)17-10-14(27-2)5-7-18(17)28-3/h4-8,10,13H,9,11H2,1-3H3/t13-/m0/s1. The maximum atomic E-state index is 14.2. The van der Waals surface area contributed by atoms with Crippen LogP contribution in [0.25, 0.3) is 11.4 Å². The number of aromatic nitrogens is 2. The van der Waals surface area contributed by atoms with Crippen molar-refractivity contribution < 1.29 is 23.2 Å². The summed E-state index contributed by atoms with van der Waals surface area (Å²) < 4.78 is 30.2. The summed E-state index contributed by atoms with van der Waals surface area (Å²) in [4.78, 5) is 18.6. The van der Waals surface area contributed by atoms with Crippen LogP contribution < -0.4 is 14.4 Å². The zero-order chi connectivity index (χ0) is 20.5. The molecule has 2 heterocycles. The van der Waals surface area contributed by atoms with E-state index in [1.54, 1.807) is 56.4 Å². The molecule has 1 saturated heterocycles. The summed E-state index contributed by atoms with van der Waals surface area (Å²) in [5.41, 5.74) is 1.68. The van der Waals surface area contributed by atoms with Crippen molar-refractivity contribution in [1.82, 2.24) is 10.1 Å². The number of aryl methyl sites for hydroxylation is 1. The summed E-state index contributed by atoms with van der Waals surface area (Å²) in [5.74, 6) is 0.846. The molecule has 0 spiro atoms. The van der Waals surface area contributed by atoms with Crippen molar-refractivity contribution in [3.63, 3.8) is 0 Å². The smallest absolute Gasteiger partial charge is 0.232 e. The zero-order valence-corrected chi connectivity index (χ0v) is 16.3. The van der Waals surface area contributed by atoms with Crippen molar-refractivity contribution in [3.8, 4) is 22.9 Å². The van der Waals surface area contributed by atoms with Crippen LogP contribution in [0.5, 0.6) is 11.5 Å². The third-order valence-corrected chi connectivity index (χ3v) is 4.96. The molecule has 29 heavy (non-hydrogen) atoms. The van der Waals surface area contributed by atoms with E-state index in [4.69, 9.17) is 14.0 Å². The number of rotatable bonds is 5. The van der Waals surface area contributed by atoms with Crippen LogP contribution in [0.2, 0.25) is 0 Å². The van der Waals surface area contributed by atoms with Gasteiger partial charge in [0.15, 0.2) is 0 Å². The van der Waals surface area contributed by atoms with E-state index in [9.17, 15) is 9.18 Å². The van der Waals surface area contributed by atoms with Crippen LogP contribution in [0, 0.1) is 12.7 Å². The van der Waals surface area contributed by atoms with Gasteiger partial charge in [-0.15, -0.1) is 0 Å². The lowest BCUT2D eigenvalue weighted by molar-refractivity contribution is -0.117. The molecule has 0 aliphatic carbocycles. The molecule has 150 valence electrons. The average molecular weight is 397 g/mol. The molecule has 0 radical (unpaired) electrons. The highest BCUT2D eigenvalue weighted by Gasteiger charge is 2.36. The maximum Gasteiger partial charge on any atom is 0.232 e. The van der Waals surface area contributed by atoms with Crippen LogP contribution in [0.3, 0.4) is 0 Å². The molecular weight excluding hydrogens is 377 g/mol. The summed E-state index contributed by atoms with van der Waals surface area (Å²) in [6, 6.07) is 10.1. The molecular formula is C21H20FN3O4. The SMILES string of the molecule is COc1ccc(OC)c(N2C[C@@H](c3nc(-c4ccc(C)cc4F)no3)CC2=O)c1. The summed E-state index contributed by atoms with van der Waals surface area (Å²) in [6.45, 7) is 2.15. The fraction of sp³-hybridized carbons (Fsp3) is 0.286. The second-order valence-electron chi connectivity index (χ2n) is 6.88. The molecule has 1 aliphatic heterocycles. The van der Waals surface area contributed by atoms with Gasteiger partial charge < -0.3 is 18.9 Å². The summed E-state index contributed by atoms with van der Waals surface area (Å²) >= 11 is 0. The Morgan fingerprint density at radius 3 is 2.72 bits per heavy atom. The van der Waals surface area contributed by atoms with Crippen LogP contribution in [0.15, 0.2) is 40.9 Å². The molecule has 7 nitrogen and oxygen atoms in total. The Balaban J connectivity index is 1.60. The first-order valence-electron chi connectivity index (χ1n) is 9.12. The molecule has 1 atom stereocenters. The van der Waals surface area contributed by atoms with Crippen molar-refractivity contribution in [2.45, 2.75) is 19.3 Å². The molecule has 2 aromatic carbocycles. The molecule has 1 fully saturated rings. The van der Waals surface area contributed by atoms with Gasteiger partial charge in [0.1, 0.15) is 17.3 Å². The summed E-state index contributed by atoms with van der Waals surface area (Å²) in [7, 11) is 3.11. The molecule has 0 unspecified atom stereocenters. The monoisotopic (exact) mass is 397 g/mol. The fourth-order valence-corrected chi connectivity index (χ4v) is 3.43. The van der Waals surface area contributed by atoms with E-state index in [-0.39, 0.29) is 29.6 Å². The Morgan fingerprint density at radius 2 is 2.00 bits per heavy atom. The second-order valence-corrected chi connectivity index (χ2v) is 6.88. The topological polar surface area (TPSA) is 77.7 Å². The van der Waals surface area contributed by atoms with Crippen LogP contribution in [0.4, 0.5) is 10.1 Å². The number of hydrogen-bond donors (Lipinski definition) is 0. The van der Waals surface area contributed by atoms with E-state index in [0.717, 1.165) is 5.56 Å². The number of nitrogens with zero attached hydrogens (tertiary/aromatic N) is 3. The molecule has 8 heteroatoms. The van der Waals surface area contributed by atoms with E-state index in [1.165, 1.54) is 6.07 Å². The molecule has 0 bridgehead atoms. The third-order valence-electron chi connectivity index (χ3n) is 4.96. The average Bonchev–Trinajstić information content (AvgIpc) is 3.34. The minimum Gasteiger partial charge on any atom is -0.497 e. The van der Waals surface area contributed by atoms with Crippen LogP contribution in [0.1, 0.15) is 23.8 Å². The van der Waals surface area contributed by atoms with Gasteiger partial charge >= 0.3 is 0 Å². The Bertz CT molecular complexity index is 1070. The number of anilines is 1. The van der Waals surface area contributed by atoms with Gasteiger partial charge in [0.2, 0.25) is 17.6 Å². The van der Waals surface area contributed by atoms with Gasteiger partial charge in [0.05, 0.1) is 31.4 Å². The number of carbonyl (C=O) groups is 1. The zero-order valence-electron chi connectivity index (χ0n) is 16.3. The van der Waals surface area contributed by atoms with E-state index < -0.39 is 5.82 Å². The lowest BCUT2D eigenvalue weighted by Crippen LogP contribution is -2.24. The molecule has 3 aromatic rings. The Labute approximate surface area is 167 Å². The molecule has 1 aromatic heterocycles. The van der Waals surface area contributed by atoms with Crippen molar-refractivity contribution in [2.24, 2.45) is 0 Å². The fourth-order valence-electron chi connectivity index (χ4n) is 3.43. The van der Waals surface area contributed by atoms with Gasteiger partial charge in [0, 0.05) is 19.0 Å². The predicted octanol–water partition coefficient (Wildman–Crippen LogP) is 3.72. The highest BCUT2D eigenvalue weighted by Crippen LogP contribution is 2.38. The first kappa shape index (κ1) is 18.9. The maximum absolute atomic E-state index is 14.2. The van der Waals surface area contributed by atoms with Gasteiger partial charge in [-0.25, -0.2) is 4.39 Å². The van der Waals surface area contributed by atoms with Crippen molar-refractivity contribution in [1.29, 1.82) is 0 Å². The van der Waals surface area contributed by atoms with E-state index in [1.807, 2.05) is 0 Å². The van der Waals surface area contributed by atoms with Crippen LogP contribution in [-0.2, 0) is 4.79 Å².